The Kier molecular flexibility index (Phi) is 2.23. The van der Waals surface area contributed by atoms with Crippen LogP contribution in [0, 0.1) is 0 Å². The predicted molar refractivity (Wildman–Crippen MR) is 78.8 cm³/mol. The number of azo groups is 1. The van der Waals surface area contributed by atoms with Gasteiger partial charge in [-0.1, -0.05) is 36.4 Å². The Morgan fingerprint density at radius 2 is 1.75 bits per heavy atom. The maximum Gasteiger partial charge on any atom is 0.196 e. The molecule has 96 valence electrons. The standard InChI is InChI=1S/C16H11N3O/c20-16-12(10-5-1-3-7-13(10)17-16)9-15-11-6-2-4-8-14(11)18-19-15/h1-9,17,20H. The van der Waals surface area contributed by atoms with Crippen LogP contribution in [0.15, 0.2) is 58.8 Å². The summed E-state index contributed by atoms with van der Waals surface area (Å²) in [6.07, 6.45) is 1.86. The zero-order valence-corrected chi connectivity index (χ0v) is 10.5. The molecule has 4 heteroatoms. The maximum absolute atomic E-state index is 10.1. The first-order valence-electron chi connectivity index (χ1n) is 6.35. The van der Waals surface area contributed by atoms with Gasteiger partial charge in [0.25, 0.3) is 0 Å². The highest BCUT2D eigenvalue weighted by atomic mass is 16.3. The van der Waals surface area contributed by atoms with Gasteiger partial charge in [0.2, 0.25) is 0 Å². The molecule has 4 rings (SSSR count). The number of aromatic amines is 1. The lowest BCUT2D eigenvalue weighted by Crippen LogP contribution is -1.77. The third-order valence-corrected chi connectivity index (χ3v) is 3.45. The second-order valence-corrected chi connectivity index (χ2v) is 4.68. The van der Waals surface area contributed by atoms with Crippen LogP contribution in [0.25, 0.3) is 22.7 Å². The van der Waals surface area contributed by atoms with Crippen molar-refractivity contribution in [3.05, 3.63) is 59.7 Å². The minimum atomic E-state index is 0.151. The third kappa shape index (κ3) is 1.55. The van der Waals surface area contributed by atoms with E-state index in [0.717, 1.165) is 33.4 Å². The Balaban J connectivity index is 1.92. The molecule has 0 radical (unpaired) electrons. The lowest BCUT2D eigenvalue weighted by molar-refractivity contribution is 0.457. The molecule has 2 aromatic carbocycles. The van der Waals surface area contributed by atoms with E-state index in [1.165, 1.54) is 0 Å². The lowest BCUT2D eigenvalue weighted by atomic mass is 10.1. The zero-order valence-electron chi connectivity index (χ0n) is 10.5. The van der Waals surface area contributed by atoms with Gasteiger partial charge in [0.15, 0.2) is 5.88 Å². The molecule has 1 aliphatic heterocycles. The van der Waals surface area contributed by atoms with Gasteiger partial charge in [-0.25, -0.2) is 0 Å². The van der Waals surface area contributed by atoms with Crippen molar-refractivity contribution in [2.45, 2.75) is 0 Å². The first kappa shape index (κ1) is 11.0. The molecule has 0 fully saturated rings. The molecule has 4 nitrogen and oxygen atoms in total. The molecule has 3 aromatic rings. The quantitative estimate of drug-likeness (QED) is 0.667. The van der Waals surface area contributed by atoms with Gasteiger partial charge in [-0.2, -0.15) is 0 Å². The Bertz CT molecular complexity index is 874. The van der Waals surface area contributed by atoms with Crippen molar-refractivity contribution in [3.63, 3.8) is 0 Å². The average molecular weight is 261 g/mol. The molecule has 0 aliphatic carbocycles. The van der Waals surface area contributed by atoms with Crippen LogP contribution < -0.4 is 0 Å². The highest BCUT2D eigenvalue weighted by molar-refractivity contribution is 5.98. The van der Waals surface area contributed by atoms with E-state index in [1.54, 1.807) is 0 Å². The van der Waals surface area contributed by atoms with Crippen LogP contribution in [0.4, 0.5) is 5.69 Å². The number of fused-ring (bicyclic) bond motifs is 2. The van der Waals surface area contributed by atoms with Crippen LogP contribution in [0.5, 0.6) is 5.88 Å². The smallest absolute Gasteiger partial charge is 0.196 e. The van der Waals surface area contributed by atoms with E-state index in [9.17, 15) is 5.11 Å². The van der Waals surface area contributed by atoms with Gasteiger partial charge < -0.3 is 10.1 Å². The van der Waals surface area contributed by atoms with Crippen LogP contribution in [0.3, 0.4) is 0 Å². The van der Waals surface area contributed by atoms with Gasteiger partial charge in [0.05, 0.1) is 11.4 Å². The van der Waals surface area contributed by atoms with E-state index in [2.05, 4.69) is 15.2 Å². The predicted octanol–water partition coefficient (Wildman–Crippen LogP) is 4.47. The van der Waals surface area contributed by atoms with Crippen LogP contribution in [0.2, 0.25) is 0 Å². The number of hydrogen-bond acceptors (Lipinski definition) is 3. The summed E-state index contributed by atoms with van der Waals surface area (Å²) in [4.78, 5) is 2.96. The summed E-state index contributed by atoms with van der Waals surface area (Å²) < 4.78 is 0. The highest BCUT2D eigenvalue weighted by Crippen LogP contribution is 2.38. The number of aromatic hydroxyl groups is 1. The molecule has 2 heterocycles. The van der Waals surface area contributed by atoms with Gasteiger partial charge in [0.1, 0.15) is 0 Å². The minimum Gasteiger partial charge on any atom is -0.494 e. The largest absolute Gasteiger partial charge is 0.494 e. The lowest BCUT2D eigenvalue weighted by Gasteiger charge is -1.97. The summed E-state index contributed by atoms with van der Waals surface area (Å²) in [5, 5.41) is 19.4. The molecular formula is C16H11N3O. The summed E-state index contributed by atoms with van der Waals surface area (Å²) in [7, 11) is 0. The van der Waals surface area contributed by atoms with Crippen molar-refractivity contribution in [2.75, 3.05) is 0 Å². The molecule has 0 bridgehead atoms. The third-order valence-electron chi connectivity index (χ3n) is 3.45. The van der Waals surface area contributed by atoms with Gasteiger partial charge in [0, 0.05) is 22.0 Å². The minimum absolute atomic E-state index is 0.151. The van der Waals surface area contributed by atoms with Crippen molar-refractivity contribution in [1.82, 2.24) is 4.98 Å². The fourth-order valence-corrected chi connectivity index (χ4v) is 2.48. The molecule has 0 atom stereocenters. The Labute approximate surface area is 115 Å². The normalized spacial score (nSPS) is 15.1. The maximum atomic E-state index is 10.1. The van der Waals surface area contributed by atoms with E-state index in [4.69, 9.17) is 0 Å². The number of benzene rings is 2. The SMILES string of the molecule is Oc1[nH]c2ccccc2c1C=C1N=Nc2ccccc21. The first-order valence-corrected chi connectivity index (χ1v) is 6.35. The number of nitrogens with zero attached hydrogens (tertiary/aromatic N) is 2. The summed E-state index contributed by atoms with van der Waals surface area (Å²) >= 11 is 0. The summed E-state index contributed by atoms with van der Waals surface area (Å²) in [6.45, 7) is 0. The number of rotatable bonds is 1. The highest BCUT2D eigenvalue weighted by Gasteiger charge is 2.15. The molecule has 0 saturated heterocycles. The van der Waals surface area contributed by atoms with E-state index in [0.29, 0.717) is 0 Å². The van der Waals surface area contributed by atoms with Gasteiger partial charge in [-0.05, 0) is 18.2 Å². The van der Waals surface area contributed by atoms with Crippen molar-refractivity contribution >= 4 is 28.4 Å². The number of para-hydroxylation sites is 1. The van der Waals surface area contributed by atoms with Crippen LogP contribution in [-0.2, 0) is 0 Å². The fraction of sp³-hybridized carbons (Fsp3) is 0. The van der Waals surface area contributed by atoms with Crippen LogP contribution in [-0.4, -0.2) is 10.1 Å². The van der Waals surface area contributed by atoms with E-state index >= 15 is 0 Å². The topological polar surface area (TPSA) is 60.7 Å². The van der Waals surface area contributed by atoms with Gasteiger partial charge >= 0.3 is 0 Å². The van der Waals surface area contributed by atoms with Crippen molar-refractivity contribution in [3.8, 4) is 5.88 Å². The zero-order chi connectivity index (χ0) is 13.5. The summed E-state index contributed by atoms with van der Waals surface area (Å²) in [6, 6.07) is 15.6. The molecule has 1 aromatic heterocycles. The van der Waals surface area contributed by atoms with E-state index < -0.39 is 0 Å². The Hall–Kier alpha value is -2.88. The van der Waals surface area contributed by atoms with E-state index in [-0.39, 0.29) is 5.88 Å². The molecule has 0 saturated carbocycles. The summed E-state index contributed by atoms with van der Waals surface area (Å²) in [5.74, 6) is 0.151. The number of H-pyrrole nitrogens is 1. The monoisotopic (exact) mass is 261 g/mol. The second kappa shape index (κ2) is 4.06. The number of aromatic nitrogens is 1. The Morgan fingerprint density at radius 3 is 2.70 bits per heavy atom. The van der Waals surface area contributed by atoms with Crippen molar-refractivity contribution in [1.29, 1.82) is 0 Å². The fourth-order valence-electron chi connectivity index (χ4n) is 2.48. The number of hydrogen-bond donors (Lipinski definition) is 2. The van der Waals surface area contributed by atoms with Crippen LogP contribution in [0.1, 0.15) is 11.1 Å². The van der Waals surface area contributed by atoms with E-state index in [1.807, 2.05) is 54.6 Å². The number of nitrogens with one attached hydrogen (secondary N) is 1. The second-order valence-electron chi connectivity index (χ2n) is 4.68. The van der Waals surface area contributed by atoms with Crippen LogP contribution >= 0.6 is 0 Å². The Morgan fingerprint density at radius 1 is 0.950 bits per heavy atom. The molecule has 0 spiro atoms. The molecule has 2 N–H and O–H groups in total. The molecule has 0 unspecified atom stereocenters. The molecule has 1 aliphatic rings. The van der Waals surface area contributed by atoms with Crippen molar-refractivity contribution in [2.24, 2.45) is 10.2 Å². The molecule has 0 amide bonds. The summed E-state index contributed by atoms with van der Waals surface area (Å²) in [5.41, 5.74) is 4.25. The van der Waals surface area contributed by atoms with Gasteiger partial charge in [-0.3, -0.25) is 0 Å². The molecule has 20 heavy (non-hydrogen) atoms. The average Bonchev–Trinajstić information content (AvgIpc) is 3.02. The van der Waals surface area contributed by atoms with Gasteiger partial charge in [-0.15, -0.1) is 10.2 Å². The molecular weight excluding hydrogens is 250 g/mol. The first-order chi connectivity index (χ1) is 9.83. The van der Waals surface area contributed by atoms with Crippen molar-refractivity contribution < 1.29 is 5.11 Å².